The molecule has 0 spiro atoms. The summed E-state index contributed by atoms with van der Waals surface area (Å²) >= 11 is 0. The second kappa shape index (κ2) is 7.85. The molecule has 0 heterocycles. The van der Waals surface area contributed by atoms with Crippen molar-refractivity contribution in [3.63, 3.8) is 0 Å². The van der Waals surface area contributed by atoms with E-state index in [1.807, 2.05) is 0 Å². The molecule has 1 aliphatic rings. The predicted molar refractivity (Wildman–Crippen MR) is 84.5 cm³/mol. The van der Waals surface area contributed by atoms with Crippen LogP contribution >= 0.6 is 0 Å². The van der Waals surface area contributed by atoms with Crippen LogP contribution in [0.2, 0.25) is 0 Å². The van der Waals surface area contributed by atoms with Gasteiger partial charge in [-0.1, -0.05) is 19.8 Å². The first-order chi connectivity index (χ1) is 11.0. The lowest BCUT2D eigenvalue weighted by Gasteiger charge is -2.29. The van der Waals surface area contributed by atoms with Gasteiger partial charge in [0.1, 0.15) is 17.1 Å². The van der Waals surface area contributed by atoms with Gasteiger partial charge < -0.3 is 19.9 Å². The third-order valence-corrected chi connectivity index (χ3v) is 4.22. The maximum Gasteiger partial charge on any atom is 0.342 e. The number of aromatic hydroxyl groups is 1. The van der Waals surface area contributed by atoms with Gasteiger partial charge in [0.15, 0.2) is 6.61 Å². The molecule has 2 rings (SSSR count). The highest BCUT2D eigenvalue weighted by molar-refractivity contribution is 5.94. The number of ether oxygens (including phenoxy) is 2. The van der Waals surface area contributed by atoms with E-state index in [-0.39, 0.29) is 29.9 Å². The second-order valence-electron chi connectivity index (χ2n) is 5.89. The number of rotatable bonds is 5. The fourth-order valence-corrected chi connectivity index (χ4v) is 2.80. The molecule has 0 aliphatic heterocycles. The molecular weight excluding hydrogens is 298 g/mol. The van der Waals surface area contributed by atoms with E-state index in [1.54, 1.807) is 6.07 Å². The highest BCUT2D eigenvalue weighted by Crippen LogP contribution is 2.25. The van der Waals surface area contributed by atoms with Crippen LogP contribution < -0.4 is 10.1 Å². The molecule has 1 saturated carbocycles. The summed E-state index contributed by atoms with van der Waals surface area (Å²) in [7, 11) is 1.46. The number of phenolic OH excluding ortho intramolecular Hbond substituents is 1. The maximum atomic E-state index is 11.9. The molecule has 126 valence electrons. The summed E-state index contributed by atoms with van der Waals surface area (Å²) < 4.78 is 9.92. The van der Waals surface area contributed by atoms with Crippen LogP contribution in [0.1, 0.15) is 43.0 Å². The molecule has 0 aromatic heterocycles. The highest BCUT2D eigenvalue weighted by atomic mass is 16.5. The Morgan fingerprint density at radius 2 is 2.04 bits per heavy atom. The van der Waals surface area contributed by atoms with Crippen molar-refractivity contribution in [1.82, 2.24) is 5.32 Å². The Labute approximate surface area is 135 Å². The zero-order chi connectivity index (χ0) is 16.8. The first-order valence-corrected chi connectivity index (χ1v) is 7.84. The Morgan fingerprint density at radius 1 is 1.30 bits per heavy atom. The van der Waals surface area contributed by atoms with Crippen molar-refractivity contribution < 1.29 is 24.2 Å². The van der Waals surface area contributed by atoms with Crippen molar-refractivity contribution in [3.8, 4) is 11.5 Å². The van der Waals surface area contributed by atoms with Crippen molar-refractivity contribution in [2.75, 3.05) is 13.7 Å². The molecule has 1 aromatic rings. The average Bonchev–Trinajstić information content (AvgIpc) is 2.54. The number of benzene rings is 1. The molecule has 1 amide bonds. The largest absolute Gasteiger partial charge is 0.507 e. The summed E-state index contributed by atoms with van der Waals surface area (Å²) in [6.07, 6.45) is 4.36. The maximum absolute atomic E-state index is 11.9. The van der Waals surface area contributed by atoms with Crippen LogP contribution in [0.4, 0.5) is 0 Å². The van der Waals surface area contributed by atoms with E-state index in [0.717, 1.165) is 19.3 Å². The summed E-state index contributed by atoms with van der Waals surface area (Å²) in [5.41, 5.74) is 0.00429. The minimum absolute atomic E-state index is 0.00429. The molecular formula is C17H23NO5. The van der Waals surface area contributed by atoms with Crippen LogP contribution in [0.3, 0.4) is 0 Å². The van der Waals surface area contributed by atoms with E-state index in [2.05, 4.69) is 12.2 Å². The first kappa shape index (κ1) is 17.1. The van der Waals surface area contributed by atoms with Crippen LogP contribution in [0.5, 0.6) is 11.5 Å². The van der Waals surface area contributed by atoms with Crippen molar-refractivity contribution in [2.45, 2.75) is 38.6 Å². The Morgan fingerprint density at radius 3 is 2.70 bits per heavy atom. The van der Waals surface area contributed by atoms with E-state index >= 15 is 0 Å². The number of esters is 1. The van der Waals surface area contributed by atoms with Gasteiger partial charge in [-0.15, -0.1) is 0 Å². The lowest BCUT2D eigenvalue weighted by molar-refractivity contribution is -0.125. The number of amides is 1. The molecule has 0 unspecified atom stereocenters. The Balaban J connectivity index is 1.85. The van der Waals surface area contributed by atoms with Gasteiger partial charge in [-0.2, -0.15) is 0 Å². The topological polar surface area (TPSA) is 84.9 Å². The monoisotopic (exact) mass is 321 g/mol. The van der Waals surface area contributed by atoms with Crippen LogP contribution in [0.15, 0.2) is 18.2 Å². The summed E-state index contributed by atoms with van der Waals surface area (Å²) in [4.78, 5) is 23.8. The van der Waals surface area contributed by atoms with Crippen molar-refractivity contribution in [1.29, 1.82) is 0 Å². The summed E-state index contributed by atoms with van der Waals surface area (Å²) in [6.45, 7) is 1.76. The van der Waals surface area contributed by atoms with Gasteiger partial charge in [0.05, 0.1) is 7.11 Å². The van der Waals surface area contributed by atoms with Gasteiger partial charge in [0.25, 0.3) is 5.91 Å². The van der Waals surface area contributed by atoms with Gasteiger partial charge >= 0.3 is 5.97 Å². The van der Waals surface area contributed by atoms with Crippen molar-refractivity contribution in [3.05, 3.63) is 23.8 Å². The fraction of sp³-hybridized carbons (Fsp3) is 0.529. The molecule has 2 atom stereocenters. The van der Waals surface area contributed by atoms with Crippen molar-refractivity contribution >= 4 is 11.9 Å². The van der Waals surface area contributed by atoms with Crippen molar-refractivity contribution in [2.24, 2.45) is 5.92 Å². The van der Waals surface area contributed by atoms with Gasteiger partial charge in [-0.05, 0) is 30.9 Å². The molecule has 1 aromatic carbocycles. The zero-order valence-electron chi connectivity index (χ0n) is 13.5. The number of hydrogen-bond acceptors (Lipinski definition) is 5. The zero-order valence-corrected chi connectivity index (χ0v) is 13.5. The Hall–Kier alpha value is -2.24. The number of carbonyl (C=O) groups is 2. The van der Waals surface area contributed by atoms with Crippen LogP contribution in [-0.4, -0.2) is 36.7 Å². The third kappa shape index (κ3) is 4.61. The molecule has 0 bridgehead atoms. The van der Waals surface area contributed by atoms with Gasteiger partial charge in [0, 0.05) is 12.1 Å². The smallest absolute Gasteiger partial charge is 0.342 e. The van der Waals surface area contributed by atoms with Gasteiger partial charge in [-0.25, -0.2) is 4.79 Å². The molecule has 1 aliphatic carbocycles. The van der Waals surface area contributed by atoms with E-state index in [0.29, 0.717) is 11.7 Å². The van der Waals surface area contributed by atoms with Crippen LogP contribution in [0.25, 0.3) is 0 Å². The number of nitrogens with one attached hydrogen (secondary N) is 1. The average molecular weight is 321 g/mol. The molecule has 0 saturated heterocycles. The SMILES string of the molecule is COc1ccc(C(=O)OCC(=O)N[C@H]2CCCC[C@H]2C)c(O)c1. The number of hydrogen-bond donors (Lipinski definition) is 2. The molecule has 1 fully saturated rings. The Kier molecular flexibility index (Phi) is 5.84. The molecule has 6 heteroatoms. The lowest BCUT2D eigenvalue weighted by atomic mass is 9.86. The minimum atomic E-state index is -0.739. The molecule has 2 N–H and O–H groups in total. The van der Waals surface area contributed by atoms with E-state index in [4.69, 9.17) is 9.47 Å². The molecule has 0 radical (unpaired) electrons. The van der Waals surface area contributed by atoms with E-state index in [1.165, 1.54) is 25.7 Å². The Bertz CT molecular complexity index is 572. The summed E-state index contributed by atoms with van der Waals surface area (Å²) in [5.74, 6) is -0.421. The first-order valence-electron chi connectivity index (χ1n) is 7.84. The lowest BCUT2D eigenvalue weighted by Crippen LogP contribution is -2.42. The second-order valence-corrected chi connectivity index (χ2v) is 5.89. The van der Waals surface area contributed by atoms with E-state index in [9.17, 15) is 14.7 Å². The van der Waals surface area contributed by atoms with E-state index < -0.39 is 5.97 Å². The van der Waals surface area contributed by atoms with Gasteiger partial charge in [-0.3, -0.25) is 4.79 Å². The van der Waals surface area contributed by atoms with Crippen LogP contribution in [0, 0.1) is 5.92 Å². The standard InChI is InChI=1S/C17H23NO5/c1-11-5-3-4-6-14(11)18-16(20)10-23-17(21)13-8-7-12(22-2)9-15(13)19/h7-9,11,14,19H,3-6,10H2,1-2H3,(H,18,20)/t11-,14+/m1/s1. The minimum Gasteiger partial charge on any atom is -0.507 e. The normalized spacial score (nSPS) is 20.6. The predicted octanol–water partition coefficient (Wildman–Crippen LogP) is 2.25. The quantitative estimate of drug-likeness (QED) is 0.813. The number of phenols is 1. The van der Waals surface area contributed by atoms with Gasteiger partial charge in [0.2, 0.25) is 0 Å². The summed E-state index contributed by atoms with van der Waals surface area (Å²) in [6, 6.07) is 4.40. The summed E-state index contributed by atoms with van der Waals surface area (Å²) in [5, 5.41) is 12.7. The molecule has 6 nitrogen and oxygen atoms in total. The fourth-order valence-electron chi connectivity index (χ4n) is 2.80. The highest BCUT2D eigenvalue weighted by Gasteiger charge is 2.23. The third-order valence-electron chi connectivity index (χ3n) is 4.22. The van der Waals surface area contributed by atoms with Crippen LogP contribution in [-0.2, 0) is 9.53 Å². The number of methoxy groups -OCH3 is 1. The molecule has 23 heavy (non-hydrogen) atoms. The number of carbonyl (C=O) groups excluding carboxylic acids is 2.